The van der Waals surface area contributed by atoms with E-state index in [4.69, 9.17) is 21.1 Å². The van der Waals surface area contributed by atoms with Gasteiger partial charge in [0, 0.05) is 56.9 Å². The van der Waals surface area contributed by atoms with Gasteiger partial charge in [0.15, 0.2) is 5.96 Å². The summed E-state index contributed by atoms with van der Waals surface area (Å²) in [4.78, 5) is 9.58. The maximum Gasteiger partial charge on any atom is 0.194 e. The summed E-state index contributed by atoms with van der Waals surface area (Å²) in [6.07, 6.45) is 3.68. The minimum atomic E-state index is 0.786. The van der Waals surface area contributed by atoms with Crippen molar-refractivity contribution in [1.82, 2.24) is 20.3 Å². The number of benzene rings is 1. The number of guanidine groups is 1. The summed E-state index contributed by atoms with van der Waals surface area (Å²) in [6.45, 7) is 8.62. The molecule has 7 heteroatoms. The fourth-order valence-electron chi connectivity index (χ4n) is 3.21. The molecule has 27 heavy (non-hydrogen) atoms. The average molecular weight is 390 g/mol. The van der Waals surface area contributed by atoms with Crippen molar-refractivity contribution < 1.29 is 4.52 Å². The molecular formula is C20H28ClN5O. The molecular weight excluding hydrogens is 362 g/mol. The van der Waals surface area contributed by atoms with Crippen molar-refractivity contribution in [1.29, 1.82) is 0 Å². The predicted octanol–water partition coefficient (Wildman–Crippen LogP) is 3.04. The molecule has 0 spiro atoms. The zero-order chi connectivity index (χ0) is 18.9. The highest BCUT2D eigenvalue weighted by molar-refractivity contribution is 6.30. The van der Waals surface area contributed by atoms with Crippen LogP contribution in [0.15, 0.2) is 46.1 Å². The molecule has 0 unspecified atom stereocenters. The lowest BCUT2D eigenvalue weighted by Crippen LogP contribution is -2.52. The van der Waals surface area contributed by atoms with Gasteiger partial charge in [-0.05, 0) is 37.5 Å². The van der Waals surface area contributed by atoms with Gasteiger partial charge in [-0.2, -0.15) is 0 Å². The van der Waals surface area contributed by atoms with Crippen molar-refractivity contribution in [3.8, 4) is 0 Å². The van der Waals surface area contributed by atoms with Crippen LogP contribution in [0.25, 0.3) is 0 Å². The Bertz CT molecular complexity index is 694. The lowest BCUT2D eigenvalue weighted by atomic mass is 10.1. The fourth-order valence-corrected chi connectivity index (χ4v) is 3.34. The van der Waals surface area contributed by atoms with Crippen molar-refractivity contribution >= 4 is 17.6 Å². The highest BCUT2D eigenvalue weighted by atomic mass is 35.5. The summed E-state index contributed by atoms with van der Waals surface area (Å²) in [5, 5.41) is 8.22. The monoisotopic (exact) mass is 389 g/mol. The van der Waals surface area contributed by atoms with Gasteiger partial charge < -0.3 is 14.7 Å². The van der Waals surface area contributed by atoms with Gasteiger partial charge in [-0.25, -0.2) is 0 Å². The zero-order valence-electron chi connectivity index (χ0n) is 15.9. The minimum absolute atomic E-state index is 0.786. The van der Waals surface area contributed by atoms with Gasteiger partial charge >= 0.3 is 0 Å². The number of halogens is 1. The Labute approximate surface area is 166 Å². The lowest BCUT2D eigenvalue weighted by molar-refractivity contribution is 0.169. The maximum absolute atomic E-state index is 5.94. The van der Waals surface area contributed by atoms with Gasteiger partial charge in [-0.1, -0.05) is 28.9 Å². The van der Waals surface area contributed by atoms with Crippen molar-refractivity contribution in [2.75, 3.05) is 39.3 Å². The second-order valence-corrected chi connectivity index (χ2v) is 7.16. The van der Waals surface area contributed by atoms with Gasteiger partial charge in [0.1, 0.15) is 6.26 Å². The molecule has 0 amide bonds. The number of aromatic nitrogens is 1. The first-order valence-corrected chi connectivity index (χ1v) is 10.0. The van der Waals surface area contributed by atoms with Gasteiger partial charge in [-0.3, -0.25) is 9.89 Å². The Morgan fingerprint density at radius 3 is 2.63 bits per heavy atom. The predicted molar refractivity (Wildman–Crippen MR) is 109 cm³/mol. The largest absolute Gasteiger partial charge is 0.364 e. The molecule has 1 N–H and O–H groups in total. The van der Waals surface area contributed by atoms with Crippen LogP contribution < -0.4 is 5.32 Å². The standard InChI is InChI=1S/C20H28ClN5O/c1-2-22-20(23-10-3-4-17-5-7-18(21)8-6-17)26-13-11-25(12-14-26)16-19-9-15-27-24-19/h5-9,15H,2-4,10-14,16H2,1H3,(H,22,23). The first-order valence-electron chi connectivity index (χ1n) is 9.64. The van der Waals surface area contributed by atoms with Crippen molar-refractivity contribution in [3.63, 3.8) is 0 Å². The van der Waals surface area contributed by atoms with Crippen LogP contribution in [0.2, 0.25) is 5.02 Å². The molecule has 1 saturated heterocycles. The van der Waals surface area contributed by atoms with Gasteiger partial charge in [0.2, 0.25) is 0 Å². The molecule has 146 valence electrons. The molecule has 3 rings (SSSR count). The molecule has 0 atom stereocenters. The van der Waals surface area contributed by atoms with E-state index in [-0.39, 0.29) is 0 Å². The van der Waals surface area contributed by atoms with Crippen molar-refractivity contribution in [2.45, 2.75) is 26.3 Å². The Hall–Kier alpha value is -2.05. The van der Waals surface area contributed by atoms with Crippen LogP contribution in [0.3, 0.4) is 0 Å². The third-order valence-electron chi connectivity index (χ3n) is 4.68. The number of hydrogen-bond donors (Lipinski definition) is 1. The molecule has 1 aromatic carbocycles. The highest BCUT2D eigenvalue weighted by Crippen LogP contribution is 2.11. The number of aryl methyl sites for hydroxylation is 1. The van der Waals surface area contributed by atoms with Crippen LogP contribution in [0.5, 0.6) is 0 Å². The summed E-state index contributed by atoms with van der Waals surface area (Å²) in [5.74, 6) is 1.02. The van der Waals surface area contributed by atoms with E-state index in [1.807, 2.05) is 18.2 Å². The number of nitrogens with one attached hydrogen (secondary N) is 1. The average Bonchev–Trinajstić information content (AvgIpc) is 3.19. The number of hydrogen-bond acceptors (Lipinski definition) is 4. The summed E-state index contributed by atoms with van der Waals surface area (Å²) >= 11 is 5.94. The smallest absolute Gasteiger partial charge is 0.194 e. The molecule has 1 aliphatic heterocycles. The Morgan fingerprint density at radius 2 is 1.96 bits per heavy atom. The quantitative estimate of drug-likeness (QED) is 0.448. The Kier molecular flexibility index (Phi) is 7.54. The SMILES string of the molecule is CCNC(=NCCCc1ccc(Cl)cc1)N1CCN(Cc2ccon2)CC1. The third kappa shape index (κ3) is 6.26. The van der Waals surface area contributed by atoms with Crippen LogP contribution in [0.1, 0.15) is 24.6 Å². The topological polar surface area (TPSA) is 56.9 Å². The van der Waals surface area contributed by atoms with E-state index in [0.29, 0.717) is 0 Å². The van der Waals surface area contributed by atoms with Crippen LogP contribution in [-0.2, 0) is 13.0 Å². The molecule has 2 aromatic rings. The molecule has 0 bridgehead atoms. The number of piperazine rings is 1. The third-order valence-corrected chi connectivity index (χ3v) is 4.93. The van der Waals surface area contributed by atoms with Crippen LogP contribution in [-0.4, -0.2) is 60.2 Å². The lowest BCUT2D eigenvalue weighted by Gasteiger charge is -2.36. The summed E-state index contributed by atoms with van der Waals surface area (Å²) in [6, 6.07) is 10.0. The molecule has 0 saturated carbocycles. The first-order chi connectivity index (χ1) is 13.2. The maximum atomic E-state index is 5.94. The van der Waals surface area contributed by atoms with Gasteiger partial charge in [0.05, 0.1) is 5.69 Å². The van der Waals surface area contributed by atoms with E-state index >= 15 is 0 Å². The van der Waals surface area contributed by atoms with E-state index in [2.05, 4.69) is 39.3 Å². The molecule has 1 fully saturated rings. The number of nitrogens with zero attached hydrogens (tertiary/aromatic N) is 4. The van der Waals surface area contributed by atoms with E-state index < -0.39 is 0 Å². The second kappa shape index (κ2) is 10.3. The zero-order valence-corrected chi connectivity index (χ0v) is 16.7. The van der Waals surface area contributed by atoms with Crippen molar-refractivity contribution in [2.24, 2.45) is 4.99 Å². The van der Waals surface area contributed by atoms with Gasteiger partial charge in [-0.15, -0.1) is 0 Å². The molecule has 0 radical (unpaired) electrons. The van der Waals surface area contributed by atoms with E-state index in [1.165, 1.54) is 5.56 Å². The number of aliphatic imine (C=N–C) groups is 1. The highest BCUT2D eigenvalue weighted by Gasteiger charge is 2.20. The summed E-state index contributed by atoms with van der Waals surface area (Å²) in [7, 11) is 0. The Balaban J connectivity index is 1.45. The van der Waals surface area contributed by atoms with Crippen LogP contribution >= 0.6 is 11.6 Å². The van der Waals surface area contributed by atoms with E-state index in [0.717, 1.165) is 75.3 Å². The van der Waals surface area contributed by atoms with E-state index in [1.54, 1.807) is 6.26 Å². The minimum Gasteiger partial charge on any atom is -0.364 e. The molecule has 1 aromatic heterocycles. The molecule has 2 heterocycles. The molecule has 1 aliphatic rings. The van der Waals surface area contributed by atoms with Crippen molar-refractivity contribution in [3.05, 3.63) is 52.9 Å². The number of rotatable bonds is 7. The fraction of sp³-hybridized carbons (Fsp3) is 0.500. The summed E-state index contributed by atoms with van der Waals surface area (Å²) < 4.78 is 4.92. The normalized spacial score (nSPS) is 15.9. The molecule has 0 aliphatic carbocycles. The van der Waals surface area contributed by atoms with Gasteiger partial charge in [0.25, 0.3) is 0 Å². The van der Waals surface area contributed by atoms with Crippen LogP contribution in [0.4, 0.5) is 0 Å². The molecule has 6 nitrogen and oxygen atoms in total. The van der Waals surface area contributed by atoms with E-state index in [9.17, 15) is 0 Å². The summed E-state index contributed by atoms with van der Waals surface area (Å²) in [5.41, 5.74) is 2.30. The first kappa shape index (κ1) is 19.7. The Morgan fingerprint density at radius 1 is 1.19 bits per heavy atom. The van der Waals surface area contributed by atoms with Crippen LogP contribution in [0, 0.1) is 0 Å². The second-order valence-electron chi connectivity index (χ2n) is 6.72.